The lowest BCUT2D eigenvalue weighted by Crippen LogP contribution is -2.31. The van der Waals surface area contributed by atoms with Crippen LogP contribution in [0.3, 0.4) is 0 Å². The van der Waals surface area contributed by atoms with Crippen LogP contribution in [0.25, 0.3) is 0 Å². The van der Waals surface area contributed by atoms with E-state index in [1.54, 1.807) is 0 Å². The Morgan fingerprint density at radius 3 is 2.78 bits per heavy atom. The first-order valence-corrected chi connectivity index (χ1v) is 6.45. The van der Waals surface area contributed by atoms with E-state index in [2.05, 4.69) is 21.6 Å². The third kappa shape index (κ3) is 4.02. The number of allylic oxidation sites excluding steroid dienone is 1. The van der Waals surface area contributed by atoms with Gasteiger partial charge in [-0.3, -0.25) is 9.89 Å². The Hall–Kier alpha value is -1.58. The summed E-state index contributed by atoms with van der Waals surface area (Å²) in [5.41, 5.74) is 3.20. The molecule has 0 aromatic carbocycles. The number of aromatic nitrogens is 2. The number of nitrogens with zero attached hydrogens (tertiary/aromatic N) is 1. The lowest BCUT2D eigenvalue weighted by Gasteiger charge is -2.11. The Bertz CT molecular complexity index is 401. The molecule has 0 aliphatic rings. The molecule has 1 aromatic rings. The number of hydrogen-bond acceptors (Lipinski definition) is 2. The van der Waals surface area contributed by atoms with E-state index in [-0.39, 0.29) is 11.8 Å². The molecule has 1 heterocycles. The zero-order valence-corrected chi connectivity index (χ0v) is 11.7. The fourth-order valence-corrected chi connectivity index (χ4v) is 1.89. The van der Waals surface area contributed by atoms with Crippen molar-refractivity contribution in [2.45, 2.75) is 40.5 Å². The molecule has 0 aliphatic heterocycles. The fourth-order valence-electron chi connectivity index (χ4n) is 1.89. The SMILES string of the molecule is C/C=C/CCNC(=O)[C@@H](C)Cc1c(C)n[nH]c1C. The topological polar surface area (TPSA) is 57.8 Å². The van der Waals surface area contributed by atoms with E-state index in [4.69, 9.17) is 0 Å². The number of aromatic amines is 1. The van der Waals surface area contributed by atoms with Gasteiger partial charge in [0, 0.05) is 18.2 Å². The Balaban J connectivity index is 2.45. The third-order valence-corrected chi connectivity index (χ3v) is 3.08. The molecule has 0 spiro atoms. The number of carbonyl (C=O) groups excluding carboxylic acids is 1. The average Bonchev–Trinajstić information content (AvgIpc) is 2.66. The Morgan fingerprint density at radius 1 is 1.50 bits per heavy atom. The summed E-state index contributed by atoms with van der Waals surface area (Å²) in [5.74, 6) is 0.0881. The number of carbonyl (C=O) groups is 1. The molecule has 18 heavy (non-hydrogen) atoms. The highest BCUT2D eigenvalue weighted by molar-refractivity contribution is 5.78. The summed E-state index contributed by atoms with van der Waals surface area (Å²) < 4.78 is 0. The maximum atomic E-state index is 11.9. The number of rotatable bonds is 6. The van der Waals surface area contributed by atoms with Gasteiger partial charge in [-0.1, -0.05) is 19.1 Å². The second-order valence-electron chi connectivity index (χ2n) is 4.67. The number of aryl methyl sites for hydroxylation is 2. The van der Waals surface area contributed by atoms with Crippen LogP contribution in [0.15, 0.2) is 12.2 Å². The number of hydrogen-bond donors (Lipinski definition) is 2. The lowest BCUT2D eigenvalue weighted by atomic mass is 9.99. The Morgan fingerprint density at radius 2 is 2.22 bits per heavy atom. The molecule has 0 saturated heterocycles. The molecule has 0 saturated carbocycles. The predicted molar refractivity (Wildman–Crippen MR) is 73.4 cm³/mol. The molecule has 4 heteroatoms. The maximum absolute atomic E-state index is 11.9. The second kappa shape index (κ2) is 6.99. The summed E-state index contributed by atoms with van der Waals surface area (Å²) >= 11 is 0. The van der Waals surface area contributed by atoms with Crippen LogP contribution in [-0.4, -0.2) is 22.6 Å². The lowest BCUT2D eigenvalue weighted by molar-refractivity contribution is -0.124. The highest BCUT2D eigenvalue weighted by Crippen LogP contribution is 2.15. The third-order valence-electron chi connectivity index (χ3n) is 3.08. The van der Waals surface area contributed by atoms with Gasteiger partial charge in [-0.15, -0.1) is 0 Å². The predicted octanol–water partition coefficient (Wildman–Crippen LogP) is 2.29. The van der Waals surface area contributed by atoms with Gasteiger partial charge in [0.1, 0.15) is 0 Å². The van der Waals surface area contributed by atoms with Gasteiger partial charge in [-0.05, 0) is 39.2 Å². The molecule has 0 radical (unpaired) electrons. The second-order valence-corrected chi connectivity index (χ2v) is 4.67. The highest BCUT2D eigenvalue weighted by Gasteiger charge is 2.16. The zero-order chi connectivity index (χ0) is 13.5. The first kappa shape index (κ1) is 14.5. The van der Waals surface area contributed by atoms with E-state index in [0.717, 1.165) is 29.8 Å². The van der Waals surface area contributed by atoms with E-state index in [1.807, 2.05) is 33.8 Å². The van der Waals surface area contributed by atoms with Crippen LogP contribution >= 0.6 is 0 Å². The number of H-pyrrole nitrogens is 1. The highest BCUT2D eigenvalue weighted by atomic mass is 16.1. The summed E-state index contributed by atoms with van der Waals surface area (Å²) in [5, 5.41) is 10.0. The molecular weight excluding hydrogens is 226 g/mol. The molecule has 100 valence electrons. The maximum Gasteiger partial charge on any atom is 0.223 e. The van der Waals surface area contributed by atoms with Crippen molar-refractivity contribution in [2.75, 3.05) is 6.54 Å². The summed E-state index contributed by atoms with van der Waals surface area (Å²) in [6.07, 6.45) is 5.67. The van der Waals surface area contributed by atoms with Gasteiger partial charge in [-0.25, -0.2) is 0 Å². The monoisotopic (exact) mass is 249 g/mol. The van der Waals surface area contributed by atoms with Gasteiger partial charge in [0.15, 0.2) is 0 Å². The number of amides is 1. The largest absolute Gasteiger partial charge is 0.356 e. The summed E-state index contributed by atoms with van der Waals surface area (Å²) in [6, 6.07) is 0. The quantitative estimate of drug-likeness (QED) is 0.600. The van der Waals surface area contributed by atoms with E-state index >= 15 is 0 Å². The van der Waals surface area contributed by atoms with Crippen molar-refractivity contribution >= 4 is 5.91 Å². The molecule has 0 bridgehead atoms. The standard InChI is InChI=1S/C14H23N3O/c1-5-6-7-8-15-14(18)10(2)9-13-11(3)16-17-12(13)4/h5-6,10H,7-9H2,1-4H3,(H,15,18)(H,16,17)/b6-5+/t10-/m0/s1. The molecule has 4 nitrogen and oxygen atoms in total. The molecule has 1 rings (SSSR count). The van der Waals surface area contributed by atoms with Crippen molar-refractivity contribution < 1.29 is 4.79 Å². The van der Waals surface area contributed by atoms with Crippen molar-refractivity contribution in [3.63, 3.8) is 0 Å². The van der Waals surface area contributed by atoms with E-state index in [9.17, 15) is 4.79 Å². The van der Waals surface area contributed by atoms with Gasteiger partial charge >= 0.3 is 0 Å². The summed E-state index contributed by atoms with van der Waals surface area (Å²) in [7, 11) is 0. The molecular formula is C14H23N3O. The molecule has 0 unspecified atom stereocenters. The Labute approximate surface area is 109 Å². The van der Waals surface area contributed by atoms with Crippen LogP contribution in [0, 0.1) is 19.8 Å². The smallest absolute Gasteiger partial charge is 0.223 e. The minimum absolute atomic E-state index is 0.0226. The molecule has 0 aliphatic carbocycles. The van der Waals surface area contributed by atoms with Gasteiger partial charge < -0.3 is 5.32 Å². The van der Waals surface area contributed by atoms with Crippen LogP contribution in [0.4, 0.5) is 0 Å². The van der Waals surface area contributed by atoms with E-state index in [0.29, 0.717) is 6.54 Å². The molecule has 2 N–H and O–H groups in total. The average molecular weight is 249 g/mol. The molecule has 1 atom stereocenters. The molecule has 0 fully saturated rings. The first-order valence-electron chi connectivity index (χ1n) is 6.45. The molecule has 1 amide bonds. The van der Waals surface area contributed by atoms with Crippen LogP contribution in [0.1, 0.15) is 37.2 Å². The van der Waals surface area contributed by atoms with E-state index < -0.39 is 0 Å². The van der Waals surface area contributed by atoms with Gasteiger partial charge in [0.25, 0.3) is 0 Å². The van der Waals surface area contributed by atoms with Crippen molar-refractivity contribution in [3.8, 4) is 0 Å². The van der Waals surface area contributed by atoms with Gasteiger partial charge in [-0.2, -0.15) is 5.10 Å². The minimum atomic E-state index is -0.0226. The van der Waals surface area contributed by atoms with Gasteiger partial charge in [0.2, 0.25) is 5.91 Å². The van der Waals surface area contributed by atoms with Crippen LogP contribution in [0.2, 0.25) is 0 Å². The van der Waals surface area contributed by atoms with Crippen LogP contribution < -0.4 is 5.32 Å². The summed E-state index contributed by atoms with van der Waals surface area (Å²) in [4.78, 5) is 11.9. The van der Waals surface area contributed by atoms with Crippen LogP contribution in [0.5, 0.6) is 0 Å². The minimum Gasteiger partial charge on any atom is -0.356 e. The fraction of sp³-hybridized carbons (Fsp3) is 0.571. The van der Waals surface area contributed by atoms with Gasteiger partial charge in [0.05, 0.1) is 5.69 Å². The first-order chi connectivity index (χ1) is 8.56. The number of nitrogens with one attached hydrogen (secondary N) is 2. The molecule has 1 aromatic heterocycles. The van der Waals surface area contributed by atoms with Crippen molar-refractivity contribution in [2.24, 2.45) is 5.92 Å². The van der Waals surface area contributed by atoms with Crippen LogP contribution in [-0.2, 0) is 11.2 Å². The summed E-state index contributed by atoms with van der Waals surface area (Å²) in [6.45, 7) is 8.60. The van der Waals surface area contributed by atoms with Crippen molar-refractivity contribution in [1.29, 1.82) is 0 Å². The zero-order valence-electron chi connectivity index (χ0n) is 11.7. The normalized spacial score (nSPS) is 12.9. The van der Waals surface area contributed by atoms with E-state index in [1.165, 1.54) is 0 Å². The Kier molecular flexibility index (Phi) is 5.62. The van der Waals surface area contributed by atoms with Crippen molar-refractivity contribution in [1.82, 2.24) is 15.5 Å². The van der Waals surface area contributed by atoms with Crippen molar-refractivity contribution in [3.05, 3.63) is 29.1 Å².